The highest BCUT2D eigenvalue weighted by Gasteiger charge is 2.26. The van der Waals surface area contributed by atoms with Gasteiger partial charge in [-0.15, -0.1) is 0 Å². The van der Waals surface area contributed by atoms with Gasteiger partial charge in [-0.1, -0.05) is 22.0 Å². The molecule has 1 aliphatic rings. The fourth-order valence-corrected chi connectivity index (χ4v) is 3.13. The zero-order valence-corrected chi connectivity index (χ0v) is 12.9. The lowest BCUT2D eigenvalue weighted by molar-refractivity contribution is -0.385. The van der Waals surface area contributed by atoms with Gasteiger partial charge in [-0.25, -0.2) is 0 Å². The second-order valence-corrected chi connectivity index (χ2v) is 5.77. The van der Waals surface area contributed by atoms with Crippen LogP contribution in [-0.4, -0.2) is 34.2 Å². The highest BCUT2D eigenvalue weighted by molar-refractivity contribution is 9.09. The summed E-state index contributed by atoms with van der Waals surface area (Å²) in [6, 6.07) is 4.68. The third-order valence-electron chi connectivity index (χ3n) is 3.76. The van der Waals surface area contributed by atoms with Gasteiger partial charge in [0, 0.05) is 35.6 Å². The van der Waals surface area contributed by atoms with Crippen molar-refractivity contribution in [1.29, 1.82) is 0 Å². The maximum atomic E-state index is 12.5. The molecule has 1 heterocycles. The van der Waals surface area contributed by atoms with Crippen molar-refractivity contribution in [3.63, 3.8) is 0 Å². The Kier molecular flexibility index (Phi) is 4.75. The zero-order valence-electron chi connectivity index (χ0n) is 11.3. The quantitative estimate of drug-likeness (QED) is 0.482. The molecule has 1 aromatic rings. The Morgan fingerprint density at radius 3 is 2.95 bits per heavy atom. The first-order valence-corrected chi connectivity index (χ1v) is 7.76. The van der Waals surface area contributed by atoms with Crippen molar-refractivity contribution in [3.05, 3.63) is 39.4 Å². The lowest BCUT2D eigenvalue weighted by Gasteiger charge is -2.32. The molecule has 0 N–H and O–H groups in total. The Morgan fingerprint density at radius 1 is 1.55 bits per heavy atom. The number of likely N-dealkylation sites (tertiary alicyclic amines) is 1. The molecule has 5 nitrogen and oxygen atoms in total. The molecule has 108 valence electrons. The molecule has 0 radical (unpaired) electrons. The Hall–Kier alpha value is -1.43. The number of hydrogen-bond donors (Lipinski definition) is 0. The molecule has 0 saturated carbocycles. The van der Waals surface area contributed by atoms with Crippen LogP contribution >= 0.6 is 15.9 Å². The number of amides is 1. The highest BCUT2D eigenvalue weighted by atomic mass is 79.9. The summed E-state index contributed by atoms with van der Waals surface area (Å²) >= 11 is 3.46. The number of rotatable bonds is 3. The highest BCUT2D eigenvalue weighted by Crippen LogP contribution is 2.25. The average Bonchev–Trinajstić information content (AvgIpc) is 2.46. The molecule has 1 unspecified atom stereocenters. The maximum Gasteiger partial charge on any atom is 0.273 e. The number of nitro groups is 1. The van der Waals surface area contributed by atoms with Crippen molar-refractivity contribution in [3.8, 4) is 0 Å². The Labute approximate surface area is 126 Å². The Bertz CT molecular complexity index is 533. The largest absolute Gasteiger partial charge is 0.338 e. The summed E-state index contributed by atoms with van der Waals surface area (Å²) in [5, 5.41) is 11.8. The number of carbonyl (C=O) groups is 1. The monoisotopic (exact) mass is 340 g/mol. The van der Waals surface area contributed by atoms with Gasteiger partial charge in [-0.3, -0.25) is 14.9 Å². The molecule has 0 aliphatic carbocycles. The number of halogens is 1. The van der Waals surface area contributed by atoms with E-state index in [1.807, 2.05) is 4.90 Å². The van der Waals surface area contributed by atoms with E-state index in [9.17, 15) is 14.9 Å². The standard InChI is InChI=1S/C14H17BrN2O3/c1-10-12(5-2-6-13(10)17(19)20)14(18)16-7-3-4-11(8-15)9-16/h2,5-6,11H,3-4,7-9H2,1H3. The third-order valence-corrected chi connectivity index (χ3v) is 4.67. The van der Waals surface area contributed by atoms with Gasteiger partial charge in [-0.2, -0.15) is 0 Å². The molecule has 0 aromatic heterocycles. The smallest absolute Gasteiger partial charge is 0.273 e. The van der Waals surface area contributed by atoms with E-state index in [1.54, 1.807) is 19.1 Å². The molecule has 0 spiro atoms. The van der Waals surface area contributed by atoms with E-state index in [0.29, 0.717) is 23.6 Å². The van der Waals surface area contributed by atoms with Gasteiger partial charge in [0.1, 0.15) is 0 Å². The average molecular weight is 341 g/mol. The molecule has 1 aromatic carbocycles. The second kappa shape index (κ2) is 6.35. The van der Waals surface area contributed by atoms with Crippen LogP contribution in [0.15, 0.2) is 18.2 Å². The van der Waals surface area contributed by atoms with Gasteiger partial charge in [0.25, 0.3) is 11.6 Å². The van der Waals surface area contributed by atoms with Crippen LogP contribution in [0.2, 0.25) is 0 Å². The molecule has 6 heteroatoms. The lowest BCUT2D eigenvalue weighted by atomic mass is 9.98. The van der Waals surface area contributed by atoms with Crippen molar-refractivity contribution in [2.24, 2.45) is 5.92 Å². The molecule has 1 amide bonds. The van der Waals surface area contributed by atoms with Gasteiger partial charge in [0.2, 0.25) is 0 Å². The van der Waals surface area contributed by atoms with E-state index in [0.717, 1.165) is 24.7 Å². The number of carbonyl (C=O) groups excluding carboxylic acids is 1. The van der Waals surface area contributed by atoms with Crippen molar-refractivity contribution in [1.82, 2.24) is 4.90 Å². The summed E-state index contributed by atoms with van der Waals surface area (Å²) in [6.45, 7) is 3.08. The van der Waals surface area contributed by atoms with E-state index >= 15 is 0 Å². The van der Waals surface area contributed by atoms with E-state index in [2.05, 4.69) is 15.9 Å². The topological polar surface area (TPSA) is 63.5 Å². The van der Waals surface area contributed by atoms with Crippen LogP contribution in [0.5, 0.6) is 0 Å². The van der Waals surface area contributed by atoms with E-state index in [4.69, 9.17) is 0 Å². The van der Waals surface area contributed by atoms with Crippen LogP contribution in [0.4, 0.5) is 5.69 Å². The lowest BCUT2D eigenvalue weighted by Crippen LogP contribution is -2.40. The van der Waals surface area contributed by atoms with Crippen LogP contribution < -0.4 is 0 Å². The summed E-state index contributed by atoms with van der Waals surface area (Å²) < 4.78 is 0. The number of alkyl halides is 1. The van der Waals surface area contributed by atoms with Crippen LogP contribution in [0, 0.1) is 23.0 Å². The molecule has 1 fully saturated rings. The third kappa shape index (κ3) is 3.00. The van der Waals surface area contributed by atoms with Gasteiger partial charge < -0.3 is 4.90 Å². The maximum absolute atomic E-state index is 12.5. The molecule has 0 bridgehead atoms. The molecule has 1 aliphatic heterocycles. The van der Waals surface area contributed by atoms with Crippen LogP contribution in [0.1, 0.15) is 28.8 Å². The fourth-order valence-electron chi connectivity index (χ4n) is 2.60. The number of hydrogen-bond acceptors (Lipinski definition) is 3. The van der Waals surface area contributed by atoms with Crippen LogP contribution in [0.3, 0.4) is 0 Å². The minimum Gasteiger partial charge on any atom is -0.338 e. The summed E-state index contributed by atoms with van der Waals surface area (Å²) in [5.74, 6) is 0.364. The van der Waals surface area contributed by atoms with Crippen LogP contribution in [-0.2, 0) is 0 Å². The van der Waals surface area contributed by atoms with E-state index < -0.39 is 4.92 Å². The fraction of sp³-hybridized carbons (Fsp3) is 0.500. The predicted molar refractivity (Wildman–Crippen MR) is 80.3 cm³/mol. The minimum absolute atomic E-state index is 0.00454. The SMILES string of the molecule is Cc1c(C(=O)N2CCCC(CBr)C2)cccc1[N+](=O)[O-]. The van der Waals surface area contributed by atoms with Gasteiger partial charge >= 0.3 is 0 Å². The van der Waals surface area contributed by atoms with Crippen molar-refractivity contribution < 1.29 is 9.72 Å². The second-order valence-electron chi connectivity index (χ2n) is 5.12. The first-order chi connectivity index (χ1) is 9.54. The molecule has 20 heavy (non-hydrogen) atoms. The molecule has 1 atom stereocenters. The number of nitro benzene ring substituents is 1. The number of piperidine rings is 1. The summed E-state index contributed by atoms with van der Waals surface area (Å²) in [5.41, 5.74) is 0.891. The number of benzene rings is 1. The van der Waals surface area contributed by atoms with Crippen molar-refractivity contribution in [2.75, 3.05) is 18.4 Å². The normalized spacial score (nSPS) is 18.9. The molecular weight excluding hydrogens is 324 g/mol. The van der Waals surface area contributed by atoms with Crippen molar-refractivity contribution >= 4 is 27.5 Å². The Morgan fingerprint density at radius 2 is 2.30 bits per heavy atom. The Balaban J connectivity index is 2.25. The number of nitrogens with zero attached hydrogens (tertiary/aromatic N) is 2. The van der Waals surface area contributed by atoms with E-state index in [-0.39, 0.29) is 11.6 Å². The van der Waals surface area contributed by atoms with Gasteiger partial charge in [0.05, 0.1) is 4.92 Å². The molecular formula is C14H17BrN2O3. The minimum atomic E-state index is -0.441. The molecule has 2 rings (SSSR count). The summed E-state index contributed by atoms with van der Waals surface area (Å²) in [7, 11) is 0. The van der Waals surface area contributed by atoms with Crippen molar-refractivity contribution in [2.45, 2.75) is 19.8 Å². The van der Waals surface area contributed by atoms with Gasteiger partial charge in [0.15, 0.2) is 0 Å². The summed E-state index contributed by atoms with van der Waals surface area (Å²) in [4.78, 5) is 24.9. The van der Waals surface area contributed by atoms with E-state index in [1.165, 1.54) is 6.07 Å². The first-order valence-electron chi connectivity index (χ1n) is 6.63. The first kappa shape index (κ1) is 15.0. The molecule has 1 saturated heterocycles. The zero-order chi connectivity index (χ0) is 14.7. The van der Waals surface area contributed by atoms with Gasteiger partial charge in [-0.05, 0) is 31.7 Å². The summed E-state index contributed by atoms with van der Waals surface area (Å²) in [6.07, 6.45) is 2.10. The predicted octanol–water partition coefficient (Wildman–Crippen LogP) is 3.15. The van der Waals surface area contributed by atoms with Crippen LogP contribution in [0.25, 0.3) is 0 Å².